The van der Waals surface area contributed by atoms with Crippen LogP contribution in [0, 0.1) is 0 Å². The van der Waals surface area contributed by atoms with Gasteiger partial charge in [0.2, 0.25) is 5.91 Å². The second-order valence-electron chi connectivity index (χ2n) is 3.09. The number of amides is 1. The molecule has 1 amide bonds. The van der Waals surface area contributed by atoms with Crippen molar-refractivity contribution in [1.29, 1.82) is 0 Å². The second kappa shape index (κ2) is 8.72. The summed E-state index contributed by atoms with van der Waals surface area (Å²) in [4.78, 5) is 11.2. The number of hydrogen-bond donors (Lipinski definition) is 2. The first-order valence-electron chi connectivity index (χ1n) is 4.79. The first-order chi connectivity index (χ1) is 6.70. The molecule has 2 N–H and O–H groups in total. The van der Waals surface area contributed by atoms with Crippen molar-refractivity contribution < 1.29 is 14.6 Å². The fourth-order valence-corrected chi connectivity index (χ4v) is 0.946. The Bertz CT molecular complexity index is 171. The number of nitrogens with one attached hydrogen (secondary N) is 1. The van der Waals surface area contributed by atoms with Crippen molar-refractivity contribution in [3.05, 3.63) is 12.7 Å². The Morgan fingerprint density at radius 2 is 2.43 bits per heavy atom. The van der Waals surface area contributed by atoms with E-state index in [1.807, 2.05) is 6.92 Å². The molecular weight excluding hydrogens is 182 g/mol. The van der Waals surface area contributed by atoms with Gasteiger partial charge in [0.15, 0.2) is 0 Å². The molecule has 4 nitrogen and oxygen atoms in total. The number of carbonyl (C=O) groups is 1. The molecular formula is C10H19NO3. The van der Waals surface area contributed by atoms with Gasteiger partial charge in [-0.15, -0.1) is 6.58 Å². The lowest BCUT2D eigenvalue weighted by atomic mass is 10.2. The Labute approximate surface area is 85.0 Å². The Kier molecular flexibility index (Phi) is 8.17. The summed E-state index contributed by atoms with van der Waals surface area (Å²) in [6.07, 6.45) is 2.87. The van der Waals surface area contributed by atoms with Crippen LogP contribution in [0.15, 0.2) is 12.7 Å². The molecule has 1 atom stereocenters. The first-order valence-corrected chi connectivity index (χ1v) is 4.79. The zero-order valence-electron chi connectivity index (χ0n) is 8.66. The number of rotatable bonds is 8. The van der Waals surface area contributed by atoms with Gasteiger partial charge in [-0.2, -0.15) is 0 Å². The fourth-order valence-electron chi connectivity index (χ4n) is 0.946. The monoisotopic (exact) mass is 201 g/mol. The van der Waals surface area contributed by atoms with Crippen molar-refractivity contribution >= 4 is 5.91 Å². The number of aliphatic hydroxyl groups excluding tert-OH is 1. The van der Waals surface area contributed by atoms with Crippen LogP contribution in [0.1, 0.15) is 19.8 Å². The van der Waals surface area contributed by atoms with Crippen molar-refractivity contribution in [3.8, 4) is 0 Å². The molecule has 4 heteroatoms. The van der Waals surface area contributed by atoms with Crippen LogP contribution in [0.5, 0.6) is 0 Å². The number of hydrogen-bond acceptors (Lipinski definition) is 3. The third-order valence-electron chi connectivity index (χ3n) is 1.59. The van der Waals surface area contributed by atoms with Crippen LogP contribution < -0.4 is 5.32 Å². The summed E-state index contributed by atoms with van der Waals surface area (Å²) in [5.74, 6) is 0.00463. The van der Waals surface area contributed by atoms with Crippen LogP contribution in [0.2, 0.25) is 0 Å². The van der Waals surface area contributed by atoms with Crippen molar-refractivity contribution in [3.63, 3.8) is 0 Å². The molecule has 0 aliphatic carbocycles. The minimum absolute atomic E-state index is 0.00463. The van der Waals surface area contributed by atoms with E-state index >= 15 is 0 Å². The topological polar surface area (TPSA) is 58.6 Å². The lowest BCUT2D eigenvalue weighted by Gasteiger charge is -2.13. The molecule has 82 valence electrons. The second-order valence-corrected chi connectivity index (χ2v) is 3.09. The molecule has 1 unspecified atom stereocenters. The summed E-state index contributed by atoms with van der Waals surface area (Å²) >= 11 is 0. The predicted molar refractivity (Wildman–Crippen MR) is 54.9 cm³/mol. The van der Waals surface area contributed by atoms with Gasteiger partial charge in [0, 0.05) is 12.5 Å². The average molecular weight is 201 g/mol. The molecule has 0 heterocycles. The number of allylic oxidation sites excluding steroid dienone is 1. The zero-order valence-corrected chi connectivity index (χ0v) is 8.66. The van der Waals surface area contributed by atoms with Crippen LogP contribution in [-0.2, 0) is 9.53 Å². The Hall–Kier alpha value is -0.870. The van der Waals surface area contributed by atoms with Gasteiger partial charge < -0.3 is 15.2 Å². The first kappa shape index (κ1) is 13.1. The van der Waals surface area contributed by atoms with Crippen LogP contribution in [-0.4, -0.2) is 36.9 Å². The van der Waals surface area contributed by atoms with E-state index in [-0.39, 0.29) is 18.6 Å². The highest BCUT2D eigenvalue weighted by molar-refractivity contribution is 5.76. The van der Waals surface area contributed by atoms with Crippen LogP contribution in [0.25, 0.3) is 0 Å². The third kappa shape index (κ3) is 7.76. The van der Waals surface area contributed by atoms with E-state index in [1.54, 1.807) is 6.08 Å². The standard InChI is InChI=1S/C10H19NO3/c1-3-4-5-10(13)11-9(2)8-14-7-6-12/h3,9,12H,1,4-8H2,2H3,(H,11,13). The van der Waals surface area contributed by atoms with Crippen LogP contribution >= 0.6 is 0 Å². The molecule has 0 rings (SSSR count). The Balaban J connectivity index is 3.44. The predicted octanol–water partition coefficient (Wildman–Crippen LogP) is 0.466. The smallest absolute Gasteiger partial charge is 0.220 e. The number of ether oxygens (including phenoxy) is 1. The zero-order chi connectivity index (χ0) is 10.8. The number of aliphatic hydroxyl groups is 1. The van der Waals surface area contributed by atoms with Crippen molar-refractivity contribution in [2.45, 2.75) is 25.8 Å². The van der Waals surface area contributed by atoms with E-state index in [1.165, 1.54) is 0 Å². The molecule has 0 saturated carbocycles. The summed E-state index contributed by atoms with van der Waals surface area (Å²) in [7, 11) is 0. The third-order valence-corrected chi connectivity index (χ3v) is 1.59. The molecule has 14 heavy (non-hydrogen) atoms. The highest BCUT2D eigenvalue weighted by Gasteiger charge is 2.05. The molecule has 0 aromatic heterocycles. The molecule has 0 spiro atoms. The lowest BCUT2D eigenvalue weighted by molar-refractivity contribution is -0.122. The van der Waals surface area contributed by atoms with Crippen LogP contribution in [0.4, 0.5) is 0 Å². The van der Waals surface area contributed by atoms with E-state index < -0.39 is 0 Å². The van der Waals surface area contributed by atoms with E-state index in [2.05, 4.69) is 11.9 Å². The van der Waals surface area contributed by atoms with Gasteiger partial charge in [0.05, 0.1) is 19.8 Å². The van der Waals surface area contributed by atoms with E-state index in [9.17, 15) is 4.79 Å². The van der Waals surface area contributed by atoms with Gasteiger partial charge >= 0.3 is 0 Å². The average Bonchev–Trinajstić information content (AvgIpc) is 2.15. The Morgan fingerprint density at radius 1 is 1.71 bits per heavy atom. The molecule has 0 aliphatic heterocycles. The van der Waals surface area contributed by atoms with Gasteiger partial charge in [0.25, 0.3) is 0 Å². The minimum atomic E-state index is -0.0149. The fraction of sp³-hybridized carbons (Fsp3) is 0.700. The quantitative estimate of drug-likeness (QED) is 0.443. The molecule has 0 radical (unpaired) electrons. The highest BCUT2D eigenvalue weighted by atomic mass is 16.5. The molecule has 0 aromatic rings. The highest BCUT2D eigenvalue weighted by Crippen LogP contribution is 1.91. The maximum absolute atomic E-state index is 11.2. The molecule has 0 saturated heterocycles. The van der Waals surface area contributed by atoms with Gasteiger partial charge in [-0.1, -0.05) is 6.08 Å². The van der Waals surface area contributed by atoms with E-state index in [0.29, 0.717) is 26.1 Å². The maximum atomic E-state index is 11.2. The molecule has 0 aromatic carbocycles. The van der Waals surface area contributed by atoms with E-state index in [0.717, 1.165) is 0 Å². The summed E-state index contributed by atoms with van der Waals surface area (Å²) in [6.45, 7) is 6.16. The minimum Gasteiger partial charge on any atom is -0.394 e. The van der Waals surface area contributed by atoms with Gasteiger partial charge in [-0.05, 0) is 13.3 Å². The number of carbonyl (C=O) groups excluding carboxylic acids is 1. The summed E-state index contributed by atoms with van der Waals surface area (Å²) < 4.78 is 5.07. The van der Waals surface area contributed by atoms with Crippen molar-refractivity contribution in [2.24, 2.45) is 0 Å². The van der Waals surface area contributed by atoms with Crippen molar-refractivity contribution in [2.75, 3.05) is 19.8 Å². The Morgan fingerprint density at radius 3 is 3.00 bits per heavy atom. The summed E-state index contributed by atoms with van der Waals surface area (Å²) in [5, 5.41) is 11.2. The van der Waals surface area contributed by atoms with E-state index in [4.69, 9.17) is 9.84 Å². The lowest BCUT2D eigenvalue weighted by Crippen LogP contribution is -2.35. The molecule has 0 bridgehead atoms. The van der Waals surface area contributed by atoms with Crippen molar-refractivity contribution in [1.82, 2.24) is 5.32 Å². The normalized spacial score (nSPS) is 12.1. The van der Waals surface area contributed by atoms with Gasteiger partial charge in [-0.3, -0.25) is 4.79 Å². The molecule has 0 fully saturated rings. The maximum Gasteiger partial charge on any atom is 0.220 e. The SMILES string of the molecule is C=CCCC(=O)NC(C)COCCO. The van der Waals surface area contributed by atoms with Crippen LogP contribution in [0.3, 0.4) is 0 Å². The van der Waals surface area contributed by atoms with Gasteiger partial charge in [-0.25, -0.2) is 0 Å². The summed E-state index contributed by atoms with van der Waals surface area (Å²) in [5.41, 5.74) is 0. The summed E-state index contributed by atoms with van der Waals surface area (Å²) in [6, 6.07) is -0.0149. The largest absolute Gasteiger partial charge is 0.394 e. The van der Waals surface area contributed by atoms with Gasteiger partial charge in [0.1, 0.15) is 0 Å². The molecule has 0 aliphatic rings.